The number of rotatable bonds is 4. The van der Waals surface area contributed by atoms with E-state index in [9.17, 15) is 14.7 Å². The number of esters is 2. The van der Waals surface area contributed by atoms with Crippen LogP contribution < -0.4 is 0 Å². The summed E-state index contributed by atoms with van der Waals surface area (Å²) in [7, 11) is 2.40. The van der Waals surface area contributed by atoms with E-state index in [0.29, 0.717) is 0 Å². The number of allylic oxidation sites excluding steroid dienone is 1. The first-order valence-corrected chi connectivity index (χ1v) is 5.58. The van der Waals surface area contributed by atoms with Crippen molar-refractivity contribution in [1.82, 2.24) is 0 Å². The summed E-state index contributed by atoms with van der Waals surface area (Å²) in [5.41, 5.74) is 0.0627. The van der Waals surface area contributed by atoms with E-state index in [0.717, 1.165) is 7.11 Å². The molecule has 1 aromatic carbocycles. The number of hydrogen-bond donors (Lipinski definition) is 1. The van der Waals surface area contributed by atoms with E-state index in [2.05, 4.69) is 19.7 Å². The van der Waals surface area contributed by atoms with Gasteiger partial charge in [0.2, 0.25) is 5.70 Å². The molecule has 0 bridgehead atoms. The zero-order valence-electron chi connectivity index (χ0n) is 11.3. The van der Waals surface area contributed by atoms with Crippen LogP contribution in [0.15, 0.2) is 46.0 Å². The minimum Gasteiger partial charge on any atom is -0.510 e. The second kappa shape index (κ2) is 7.03. The van der Waals surface area contributed by atoms with Gasteiger partial charge in [-0.15, -0.1) is 10.2 Å². The minimum atomic E-state index is -0.829. The Bertz CT molecular complexity index is 574. The molecule has 0 aliphatic rings. The fourth-order valence-corrected chi connectivity index (χ4v) is 1.30. The lowest BCUT2D eigenvalue weighted by molar-refractivity contribution is -0.136. The van der Waals surface area contributed by atoms with E-state index in [-0.39, 0.29) is 22.7 Å². The molecule has 0 saturated carbocycles. The van der Waals surface area contributed by atoms with Gasteiger partial charge in [-0.1, -0.05) is 12.1 Å². The summed E-state index contributed by atoms with van der Waals surface area (Å²) >= 11 is 0. The molecule has 0 heterocycles. The van der Waals surface area contributed by atoms with E-state index in [1.807, 2.05) is 0 Å². The third-order valence-electron chi connectivity index (χ3n) is 2.29. The fourth-order valence-electron chi connectivity index (χ4n) is 1.30. The van der Waals surface area contributed by atoms with E-state index in [1.54, 1.807) is 12.1 Å². The molecule has 1 N–H and O–H groups in total. The van der Waals surface area contributed by atoms with Crippen LogP contribution in [0.1, 0.15) is 17.3 Å². The van der Waals surface area contributed by atoms with E-state index >= 15 is 0 Å². The highest BCUT2D eigenvalue weighted by Gasteiger charge is 2.14. The van der Waals surface area contributed by atoms with Crippen LogP contribution >= 0.6 is 0 Å². The van der Waals surface area contributed by atoms with Crippen molar-refractivity contribution in [3.8, 4) is 0 Å². The number of ether oxygens (including phenoxy) is 2. The molecule has 0 aromatic heterocycles. The Morgan fingerprint density at radius 1 is 1.15 bits per heavy atom. The fraction of sp³-hybridized carbons (Fsp3) is 0.231. The van der Waals surface area contributed by atoms with Crippen molar-refractivity contribution in [1.29, 1.82) is 0 Å². The number of carbonyl (C=O) groups is 2. The van der Waals surface area contributed by atoms with Gasteiger partial charge in [-0.25, -0.2) is 9.59 Å². The lowest BCUT2D eigenvalue weighted by Gasteiger charge is -2.03. The quantitative estimate of drug-likeness (QED) is 0.395. The molecule has 106 valence electrons. The van der Waals surface area contributed by atoms with Crippen LogP contribution in [0.3, 0.4) is 0 Å². The molecule has 7 heteroatoms. The number of nitrogens with zero attached hydrogens (tertiary/aromatic N) is 2. The van der Waals surface area contributed by atoms with Gasteiger partial charge in [0.25, 0.3) is 0 Å². The summed E-state index contributed by atoms with van der Waals surface area (Å²) in [6.07, 6.45) is 0. The Labute approximate surface area is 115 Å². The summed E-state index contributed by atoms with van der Waals surface area (Å²) in [4.78, 5) is 22.9. The predicted octanol–water partition coefficient (Wildman–Crippen LogP) is 2.52. The zero-order valence-corrected chi connectivity index (χ0v) is 11.3. The van der Waals surface area contributed by atoms with Crippen LogP contribution in [0.4, 0.5) is 5.69 Å². The molecule has 0 aliphatic carbocycles. The highest BCUT2D eigenvalue weighted by Crippen LogP contribution is 2.21. The largest absolute Gasteiger partial charge is 0.510 e. The first kappa shape index (κ1) is 15.4. The number of aliphatic hydroxyl groups excluding tert-OH is 1. The smallest absolute Gasteiger partial charge is 0.362 e. The lowest BCUT2D eigenvalue weighted by atomic mass is 10.2. The SMILES string of the molecule is COC(=O)/C(N=Nc1ccccc1C(=O)OC)=C(\C)O. The number of methoxy groups -OCH3 is 2. The van der Waals surface area contributed by atoms with Gasteiger partial charge in [-0.05, 0) is 19.1 Å². The first-order chi connectivity index (χ1) is 9.51. The third-order valence-corrected chi connectivity index (χ3v) is 2.29. The Hall–Kier alpha value is -2.70. The molecule has 0 radical (unpaired) electrons. The molecule has 0 saturated heterocycles. The van der Waals surface area contributed by atoms with Crippen LogP contribution in [0.25, 0.3) is 0 Å². The number of benzene rings is 1. The number of hydrogen-bond acceptors (Lipinski definition) is 7. The summed E-state index contributed by atoms with van der Waals surface area (Å²) < 4.78 is 9.06. The Balaban J connectivity index is 3.16. The molecule has 0 amide bonds. The lowest BCUT2D eigenvalue weighted by Crippen LogP contribution is -2.05. The Morgan fingerprint density at radius 2 is 1.80 bits per heavy atom. The maximum Gasteiger partial charge on any atom is 0.362 e. The van der Waals surface area contributed by atoms with Gasteiger partial charge in [0.1, 0.15) is 11.4 Å². The monoisotopic (exact) mass is 278 g/mol. The van der Waals surface area contributed by atoms with Crippen LogP contribution in [0.2, 0.25) is 0 Å². The van der Waals surface area contributed by atoms with Crippen molar-refractivity contribution in [3.63, 3.8) is 0 Å². The third kappa shape index (κ3) is 3.64. The molecular formula is C13H14N2O5. The van der Waals surface area contributed by atoms with Crippen molar-refractivity contribution in [2.75, 3.05) is 14.2 Å². The topological polar surface area (TPSA) is 97.6 Å². The first-order valence-electron chi connectivity index (χ1n) is 5.58. The maximum atomic E-state index is 11.5. The van der Waals surface area contributed by atoms with E-state index in [4.69, 9.17) is 0 Å². The summed E-state index contributed by atoms with van der Waals surface area (Å²) in [6.45, 7) is 1.28. The van der Waals surface area contributed by atoms with Crippen molar-refractivity contribution in [2.45, 2.75) is 6.92 Å². The van der Waals surface area contributed by atoms with Crippen LogP contribution in [0, 0.1) is 0 Å². The average Bonchev–Trinajstić information content (AvgIpc) is 2.46. The van der Waals surface area contributed by atoms with Gasteiger partial charge < -0.3 is 14.6 Å². The minimum absolute atomic E-state index is 0.193. The van der Waals surface area contributed by atoms with Gasteiger partial charge in [-0.3, -0.25) is 0 Å². The maximum absolute atomic E-state index is 11.5. The molecule has 0 aliphatic heterocycles. The van der Waals surface area contributed by atoms with Crippen molar-refractivity contribution < 1.29 is 24.2 Å². The molecule has 20 heavy (non-hydrogen) atoms. The summed E-state index contributed by atoms with van der Waals surface area (Å²) in [5, 5.41) is 16.7. The van der Waals surface area contributed by atoms with Crippen molar-refractivity contribution >= 4 is 17.6 Å². The van der Waals surface area contributed by atoms with Crippen LogP contribution in [-0.2, 0) is 14.3 Å². The predicted molar refractivity (Wildman–Crippen MR) is 69.6 cm³/mol. The number of azo groups is 1. The molecule has 7 nitrogen and oxygen atoms in total. The summed E-state index contributed by atoms with van der Waals surface area (Å²) in [6, 6.07) is 6.32. The zero-order chi connectivity index (χ0) is 15.1. The van der Waals surface area contributed by atoms with Crippen molar-refractivity contribution in [3.05, 3.63) is 41.3 Å². The molecule has 0 fully saturated rings. The van der Waals surface area contributed by atoms with Crippen LogP contribution in [-0.4, -0.2) is 31.3 Å². The molecular weight excluding hydrogens is 264 g/mol. The molecule has 1 rings (SSSR count). The van der Waals surface area contributed by atoms with E-state index < -0.39 is 11.9 Å². The highest BCUT2D eigenvalue weighted by molar-refractivity contribution is 5.94. The second-order valence-corrected chi connectivity index (χ2v) is 3.63. The van der Waals surface area contributed by atoms with Gasteiger partial charge in [0, 0.05) is 0 Å². The van der Waals surface area contributed by atoms with E-state index in [1.165, 1.54) is 26.2 Å². The normalized spacial score (nSPS) is 11.9. The second-order valence-electron chi connectivity index (χ2n) is 3.63. The number of carbonyl (C=O) groups excluding carboxylic acids is 2. The molecule has 0 spiro atoms. The average molecular weight is 278 g/mol. The Morgan fingerprint density at radius 3 is 2.35 bits per heavy atom. The highest BCUT2D eigenvalue weighted by atomic mass is 16.5. The van der Waals surface area contributed by atoms with Gasteiger partial charge in [-0.2, -0.15) is 0 Å². The molecule has 0 atom stereocenters. The van der Waals surface area contributed by atoms with Gasteiger partial charge in [0.15, 0.2) is 0 Å². The van der Waals surface area contributed by atoms with Crippen molar-refractivity contribution in [2.24, 2.45) is 10.2 Å². The van der Waals surface area contributed by atoms with Crippen LogP contribution in [0.5, 0.6) is 0 Å². The van der Waals surface area contributed by atoms with Gasteiger partial charge in [0.05, 0.1) is 19.8 Å². The molecule has 0 unspecified atom stereocenters. The summed E-state index contributed by atoms with van der Waals surface area (Å²) in [5.74, 6) is -1.75. The number of aliphatic hydroxyl groups is 1. The standard InChI is InChI=1S/C13H14N2O5/c1-8(16)11(13(18)20-3)15-14-10-7-5-4-6-9(10)12(17)19-2/h4-7,16H,1-3H3/b11-8-,15-14?. The molecule has 1 aromatic rings. The van der Waals surface area contributed by atoms with Gasteiger partial charge >= 0.3 is 11.9 Å². The Kier molecular flexibility index (Phi) is 5.40.